The number of carbonyl (C=O) groups excluding carboxylic acids is 1. The molecular weight excluding hydrogens is 272 g/mol. The lowest BCUT2D eigenvalue weighted by molar-refractivity contribution is 0.0949. The van der Waals surface area contributed by atoms with Gasteiger partial charge in [-0.3, -0.25) is 15.2 Å². The van der Waals surface area contributed by atoms with Crippen molar-refractivity contribution in [1.82, 2.24) is 5.43 Å². The van der Waals surface area contributed by atoms with Crippen LogP contribution in [0.2, 0.25) is 0 Å². The van der Waals surface area contributed by atoms with Crippen LogP contribution in [0.3, 0.4) is 0 Å². The number of nitrogens with one attached hydrogen (secondary N) is 1. The molecule has 0 radical (unpaired) electrons. The number of hydrazine groups is 1. The van der Waals surface area contributed by atoms with Crippen molar-refractivity contribution in [2.24, 2.45) is 0 Å². The van der Waals surface area contributed by atoms with Crippen LogP contribution in [-0.2, 0) is 0 Å². The second-order valence-electron chi connectivity index (χ2n) is 5.08. The lowest BCUT2D eigenvalue weighted by Crippen LogP contribution is -2.42. The second-order valence-corrected chi connectivity index (χ2v) is 5.08. The monoisotopic (exact) mass is 290 g/mol. The second kappa shape index (κ2) is 6.31. The fraction of sp³-hybridized carbons (Fsp3) is 0.105. The van der Waals surface area contributed by atoms with Gasteiger partial charge in [-0.15, -0.1) is 0 Å². The van der Waals surface area contributed by atoms with Crippen molar-refractivity contribution in [2.45, 2.75) is 6.92 Å². The van der Waals surface area contributed by atoms with Gasteiger partial charge >= 0.3 is 0 Å². The highest BCUT2D eigenvalue weighted by Crippen LogP contribution is 2.21. The van der Waals surface area contributed by atoms with Gasteiger partial charge in [0.05, 0.1) is 5.69 Å². The molecule has 3 heteroatoms. The molecule has 0 aliphatic rings. The number of amides is 1. The zero-order valence-electron chi connectivity index (χ0n) is 12.5. The molecule has 0 heterocycles. The first-order valence-electron chi connectivity index (χ1n) is 7.40. The van der Waals surface area contributed by atoms with Gasteiger partial charge in [0.1, 0.15) is 0 Å². The Morgan fingerprint density at radius 3 is 2.32 bits per heavy atom. The van der Waals surface area contributed by atoms with Crippen LogP contribution < -0.4 is 10.4 Å². The number of fused-ring (bicyclic) bond motifs is 1. The third kappa shape index (κ3) is 2.93. The van der Waals surface area contributed by atoms with E-state index in [1.54, 1.807) is 0 Å². The highest BCUT2D eigenvalue weighted by Gasteiger charge is 2.10. The molecule has 0 aliphatic heterocycles. The molecule has 3 aromatic rings. The maximum Gasteiger partial charge on any atom is 0.269 e. The van der Waals surface area contributed by atoms with Gasteiger partial charge in [0.25, 0.3) is 5.91 Å². The van der Waals surface area contributed by atoms with E-state index in [4.69, 9.17) is 0 Å². The molecule has 0 aromatic heterocycles. The molecule has 0 unspecified atom stereocenters. The van der Waals surface area contributed by atoms with E-state index in [0.717, 1.165) is 11.1 Å². The molecule has 0 saturated heterocycles. The molecule has 110 valence electrons. The van der Waals surface area contributed by atoms with Gasteiger partial charge < -0.3 is 0 Å². The summed E-state index contributed by atoms with van der Waals surface area (Å²) in [5, 5.41) is 4.21. The minimum Gasteiger partial charge on any atom is -0.286 e. The van der Waals surface area contributed by atoms with Crippen molar-refractivity contribution in [3.63, 3.8) is 0 Å². The standard InChI is InChI=1S/C19H18N2O/c1-2-21(20-19(22)16-9-4-3-5-10-16)18-13-12-15-8-6-7-11-17(15)14-18/h3-14H,2H2,1H3,(H,20,22). The molecule has 22 heavy (non-hydrogen) atoms. The number of benzene rings is 3. The number of rotatable bonds is 4. The average Bonchev–Trinajstić information content (AvgIpc) is 2.59. The van der Waals surface area contributed by atoms with Gasteiger partial charge in [-0.05, 0) is 42.0 Å². The van der Waals surface area contributed by atoms with E-state index in [-0.39, 0.29) is 5.91 Å². The number of nitrogens with zero attached hydrogens (tertiary/aromatic N) is 1. The van der Waals surface area contributed by atoms with E-state index >= 15 is 0 Å². The summed E-state index contributed by atoms with van der Waals surface area (Å²) >= 11 is 0. The van der Waals surface area contributed by atoms with Crippen LogP contribution >= 0.6 is 0 Å². The van der Waals surface area contributed by atoms with Gasteiger partial charge in [0.2, 0.25) is 0 Å². The Morgan fingerprint density at radius 1 is 0.909 bits per heavy atom. The summed E-state index contributed by atoms with van der Waals surface area (Å²) in [7, 11) is 0. The van der Waals surface area contributed by atoms with Gasteiger partial charge in [-0.1, -0.05) is 48.5 Å². The summed E-state index contributed by atoms with van der Waals surface area (Å²) in [4.78, 5) is 12.3. The molecular formula is C19H18N2O. The third-order valence-electron chi connectivity index (χ3n) is 3.63. The lowest BCUT2D eigenvalue weighted by atomic mass is 10.1. The maximum absolute atomic E-state index is 12.3. The zero-order chi connectivity index (χ0) is 15.4. The summed E-state index contributed by atoms with van der Waals surface area (Å²) < 4.78 is 0. The Morgan fingerprint density at radius 2 is 1.59 bits per heavy atom. The Kier molecular flexibility index (Phi) is 4.05. The van der Waals surface area contributed by atoms with Crippen LogP contribution in [0.5, 0.6) is 0 Å². The lowest BCUT2D eigenvalue weighted by Gasteiger charge is -2.24. The van der Waals surface area contributed by atoms with Crippen molar-refractivity contribution in [2.75, 3.05) is 11.6 Å². The summed E-state index contributed by atoms with van der Waals surface area (Å²) in [6, 6.07) is 23.6. The Hall–Kier alpha value is -2.81. The van der Waals surface area contributed by atoms with Crippen LogP contribution in [0.1, 0.15) is 17.3 Å². The molecule has 0 aliphatic carbocycles. The minimum absolute atomic E-state index is 0.101. The summed E-state index contributed by atoms with van der Waals surface area (Å²) in [6.07, 6.45) is 0. The first-order chi connectivity index (χ1) is 10.8. The van der Waals surface area contributed by atoms with Crippen LogP contribution in [-0.4, -0.2) is 12.5 Å². The van der Waals surface area contributed by atoms with Crippen LogP contribution in [0.25, 0.3) is 10.8 Å². The zero-order valence-corrected chi connectivity index (χ0v) is 12.5. The first kappa shape index (κ1) is 14.1. The van der Waals surface area contributed by atoms with Gasteiger partial charge in [-0.2, -0.15) is 0 Å². The van der Waals surface area contributed by atoms with Gasteiger partial charge in [0, 0.05) is 12.1 Å². The Labute approximate surface area is 130 Å². The van der Waals surface area contributed by atoms with Gasteiger partial charge in [0.15, 0.2) is 0 Å². The van der Waals surface area contributed by atoms with Crippen LogP contribution in [0.15, 0.2) is 72.8 Å². The van der Waals surface area contributed by atoms with Gasteiger partial charge in [-0.25, -0.2) is 0 Å². The largest absolute Gasteiger partial charge is 0.286 e. The number of carbonyl (C=O) groups is 1. The highest BCUT2D eigenvalue weighted by atomic mass is 16.2. The third-order valence-corrected chi connectivity index (χ3v) is 3.63. The molecule has 0 spiro atoms. The van der Waals surface area contributed by atoms with Crippen molar-refractivity contribution in [3.8, 4) is 0 Å². The van der Waals surface area contributed by atoms with Crippen molar-refractivity contribution in [3.05, 3.63) is 78.4 Å². The average molecular weight is 290 g/mol. The fourth-order valence-corrected chi connectivity index (χ4v) is 2.45. The molecule has 3 aromatic carbocycles. The van der Waals surface area contributed by atoms with E-state index in [0.29, 0.717) is 12.1 Å². The quantitative estimate of drug-likeness (QED) is 0.736. The molecule has 1 N–H and O–H groups in total. The summed E-state index contributed by atoms with van der Waals surface area (Å²) in [5.41, 5.74) is 4.59. The number of hydrogen-bond donors (Lipinski definition) is 1. The Bertz CT molecular complexity index is 784. The van der Waals surface area contributed by atoms with E-state index < -0.39 is 0 Å². The van der Waals surface area contributed by atoms with Crippen molar-refractivity contribution >= 4 is 22.4 Å². The summed E-state index contributed by atoms with van der Waals surface area (Å²) in [6.45, 7) is 2.71. The van der Waals surface area contributed by atoms with Crippen LogP contribution in [0, 0.1) is 0 Å². The first-order valence-corrected chi connectivity index (χ1v) is 7.40. The van der Waals surface area contributed by atoms with E-state index in [2.05, 4.69) is 29.7 Å². The van der Waals surface area contributed by atoms with Crippen LogP contribution in [0.4, 0.5) is 5.69 Å². The predicted molar refractivity (Wildman–Crippen MR) is 90.9 cm³/mol. The highest BCUT2D eigenvalue weighted by molar-refractivity contribution is 5.95. The molecule has 0 fully saturated rings. The van der Waals surface area contributed by atoms with Crippen molar-refractivity contribution in [1.29, 1.82) is 0 Å². The van der Waals surface area contributed by atoms with E-state index in [1.165, 1.54) is 5.39 Å². The topological polar surface area (TPSA) is 32.3 Å². The fourth-order valence-electron chi connectivity index (χ4n) is 2.45. The molecule has 1 amide bonds. The molecule has 0 saturated carbocycles. The molecule has 0 atom stereocenters. The number of anilines is 1. The molecule has 3 rings (SSSR count). The van der Waals surface area contributed by atoms with E-state index in [1.807, 2.05) is 60.5 Å². The summed E-state index contributed by atoms with van der Waals surface area (Å²) in [5.74, 6) is -0.101. The minimum atomic E-state index is -0.101. The molecule has 3 nitrogen and oxygen atoms in total. The van der Waals surface area contributed by atoms with Crippen molar-refractivity contribution < 1.29 is 4.79 Å². The SMILES string of the molecule is CCN(NC(=O)c1ccccc1)c1ccc2ccccc2c1. The van der Waals surface area contributed by atoms with E-state index in [9.17, 15) is 4.79 Å². The maximum atomic E-state index is 12.3. The normalized spacial score (nSPS) is 10.4. The predicted octanol–water partition coefficient (Wildman–Crippen LogP) is 4.01. The number of hydrogen-bond acceptors (Lipinski definition) is 2. The smallest absolute Gasteiger partial charge is 0.269 e. The Balaban J connectivity index is 1.85. The molecule has 0 bridgehead atoms.